The smallest absolute Gasteiger partial charge is 0.189 e. The molecule has 1 saturated heterocycles. The molecule has 3 heteroatoms. The van der Waals surface area contributed by atoms with E-state index in [2.05, 4.69) is 19.6 Å². The van der Waals surface area contributed by atoms with Crippen molar-refractivity contribution in [3.63, 3.8) is 0 Å². The lowest BCUT2D eigenvalue weighted by Gasteiger charge is -2.23. The van der Waals surface area contributed by atoms with E-state index in [0.717, 1.165) is 6.61 Å². The summed E-state index contributed by atoms with van der Waals surface area (Å²) < 4.78 is 5.60. The zero-order valence-corrected chi connectivity index (χ0v) is 7.89. The Bertz CT molecular complexity index is 81.1. The van der Waals surface area contributed by atoms with Gasteiger partial charge in [0.05, 0.1) is 0 Å². The minimum absolute atomic E-state index is 0.547. The topological polar surface area (TPSA) is 9.23 Å². The SMILES string of the molecule is CC(S)[SiH]1CCCCO1. The average molecular weight is 162 g/mol. The van der Waals surface area contributed by atoms with Gasteiger partial charge in [0.15, 0.2) is 9.04 Å². The Balaban J connectivity index is 2.23. The highest BCUT2D eigenvalue weighted by Crippen LogP contribution is 2.15. The number of thiol groups is 1. The van der Waals surface area contributed by atoms with Crippen LogP contribution in [0.2, 0.25) is 6.04 Å². The van der Waals surface area contributed by atoms with Crippen LogP contribution in [0.4, 0.5) is 0 Å². The Labute approximate surface area is 63.9 Å². The van der Waals surface area contributed by atoms with E-state index >= 15 is 0 Å². The molecule has 0 aromatic rings. The van der Waals surface area contributed by atoms with Crippen LogP contribution in [0.5, 0.6) is 0 Å². The van der Waals surface area contributed by atoms with Gasteiger partial charge in [0.1, 0.15) is 0 Å². The minimum atomic E-state index is -0.835. The van der Waals surface area contributed by atoms with Gasteiger partial charge in [-0.2, -0.15) is 12.6 Å². The number of hydrogen-bond donors (Lipinski definition) is 1. The van der Waals surface area contributed by atoms with E-state index in [1.54, 1.807) is 0 Å². The highest BCUT2D eigenvalue weighted by atomic mass is 32.1. The van der Waals surface area contributed by atoms with Crippen LogP contribution in [0, 0.1) is 0 Å². The molecular formula is C6H14OSSi. The highest BCUT2D eigenvalue weighted by molar-refractivity contribution is 7.82. The molecule has 0 spiro atoms. The Morgan fingerprint density at radius 3 is 2.67 bits per heavy atom. The first-order valence-corrected chi connectivity index (χ1v) is 6.07. The largest absolute Gasteiger partial charge is 0.419 e. The Kier molecular flexibility index (Phi) is 3.08. The molecule has 1 nitrogen and oxygen atoms in total. The van der Waals surface area contributed by atoms with Crippen molar-refractivity contribution in [3.05, 3.63) is 0 Å². The molecule has 0 aliphatic carbocycles. The molecule has 1 heterocycles. The molecule has 9 heavy (non-hydrogen) atoms. The van der Waals surface area contributed by atoms with Crippen LogP contribution in [-0.4, -0.2) is 20.5 Å². The molecular weight excluding hydrogens is 148 g/mol. The van der Waals surface area contributed by atoms with Gasteiger partial charge in [-0.15, -0.1) is 0 Å². The fraction of sp³-hybridized carbons (Fsp3) is 1.00. The monoisotopic (exact) mass is 162 g/mol. The summed E-state index contributed by atoms with van der Waals surface area (Å²) in [5, 5.41) is 0. The Morgan fingerprint density at radius 2 is 2.33 bits per heavy atom. The second kappa shape index (κ2) is 3.64. The summed E-state index contributed by atoms with van der Waals surface area (Å²) in [6, 6.07) is 1.34. The summed E-state index contributed by atoms with van der Waals surface area (Å²) in [6.07, 6.45) is 2.64. The molecule has 2 atom stereocenters. The van der Waals surface area contributed by atoms with E-state index in [-0.39, 0.29) is 0 Å². The lowest BCUT2D eigenvalue weighted by atomic mass is 10.4. The van der Waals surface area contributed by atoms with E-state index < -0.39 is 9.04 Å². The fourth-order valence-corrected chi connectivity index (χ4v) is 3.94. The summed E-state index contributed by atoms with van der Waals surface area (Å²) in [6.45, 7) is 3.16. The summed E-state index contributed by atoms with van der Waals surface area (Å²) >= 11 is 4.38. The van der Waals surface area contributed by atoms with Crippen molar-refractivity contribution in [2.45, 2.75) is 30.7 Å². The first-order chi connectivity index (χ1) is 4.30. The van der Waals surface area contributed by atoms with Gasteiger partial charge in [-0.05, 0) is 12.5 Å². The zero-order chi connectivity index (χ0) is 6.69. The van der Waals surface area contributed by atoms with E-state index in [9.17, 15) is 0 Å². The maximum absolute atomic E-state index is 5.60. The van der Waals surface area contributed by atoms with Crippen LogP contribution in [0.1, 0.15) is 19.8 Å². The van der Waals surface area contributed by atoms with Crippen molar-refractivity contribution < 1.29 is 4.43 Å². The quantitative estimate of drug-likeness (QED) is 0.453. The summed E-state index contributed by atoms with van der Waals surface area (Å²) in [5.41, 5.74) is 0. The van der Waals surface area contributed by atoms with Gasteiger partial charge in [-0.3, -0.25) is 0 Å². The molecule has 0 N–H and O–H groups in total. The van der Waals surface area contributed by atoms with Crippen molar-refractivity contribution in [3.8, 4) is 0 Å². The van der Waals surface area contributed by atoms with Gasteiger partial charge in [0.25, 0.3) is 0 Å². The van der Waals surface area contributed by atoms with Gasteiger partial charge in [-0.25, -0.2) is 0 Å². The lowest BCUT2D eigenvalue weighted by Crippen LogP contribution is -2.31. The lowest BCUT2D eigenvalue weighted by molar-refractivity contribution is 0.286. The Morgan fingerprint density at radius 1 is 1.56 bits per heavy atom. The second-order valence-corrected chi connectivity index (χ2v) is 7.01. The van der Waals surface area contributed by atoms with Gasteiger partial charge >= 0.3 is 0 Å². The number of rotatable bonds is 1. The molecule has 0 aromatic carbocycles. The third kappa shape index (κ3) is 2.31. The van der Waals surface area contributed by atoms with Crippen LogP contribution in [0.15, 0.2) is 0 Å². The van der Waals surface area contributed by atoms with E-state index in [1.165, 1.54) is 18.9 Å². The number of hydrogen-bond acceptors (Lipinski definition) is 2. The van der Waals surface area contributed by atoms with Gasteiger partial charge in [0.2, 0.25) is 0 Å². The van der Waals surface area contributed by atoms with Crippen molar-refractivity contribution in [2.75, 3.05) is 6.61 Å². The molecule has 1 aliphatic rings. The molecule has 0 amide bonds. The van der Waals surface area contributed by atoms with Crippen LogP contribution in [0.25, 0.3) is 0 Å². The molecule has 0 bridgehead atoms. The molecule has 54 valence electrons. The van der Waals surface area contributed by atoms with Crippen molar-refractivity contribution >= 4 is 21.7 Å². The van der Waals surface area contributed by atoms with Gasteiger partial charge < -0.3 is 4.43 Å². The van der Waals surface area contributed by atoms with Gasteiger partial charge in [0, 0.05) is 11.5 Å². The normalized spacial score (nSPS) is 32.0. The van der Waals surface area contributed by atoms with Crippen LogP contribution in [0.3, 0.4) is 0 Å². The Hall–Kier alpha value is 0.527. The zero-order valence-electron chi connectivity index (χ0n) is 5.84. The van der Waals surface area contributed by atoms with Crippen LogP contribution < -0.4 is 0 Å². The van der Waals surface area contributed by atoms with E-state index in [4.69, 9.17) is 4.43 Å². The second-order valence-electron chi connectivity index (χ2n) is 2.65. The third-order valence-corrected chi connectivity index (χ3v) is 5.47. The highest BCUT2D eigenvalue weighted by Gasteiger charge is 2.19. The van der Waals surface area contributed by atoms with E-state index in [1.807, 2.05) is 0 Å². The van der Waals surface area contributed by atoms with Crippen molar-refractivity contribution in [1.82, 2.24) is 0 Å². The molecule has 0 aromatic heterocycles. The maximum atomic E-state index is 5.60. The first kappa shape index (κ1) is 7.63. The molecule has 0 radical (unpaired) electrons. The van der Waals surface area contributed by atoms with Crippen LogP contribution in [-0.2, 0) is 4.43 Å². The van der Waals surface area contributed by atoms with Crippen molar-refractivity contribution in [2.24, 2.45) is 0 Å². The molecule has 1 aliphatic heterocycles. The van der Waals surface area contributed by atoms with E-state index in [0.29, 0.717) is 4.87 Å². The molecule has 1 rings (SSSR count). The predicted molar refractivity (Wildman–Crippen MR) is 45.6 cm³/mol. The van der Waals surface area contributed by atoms with Crippen LogP contribution >= 0.6 is 12.6 Å². The fourth-order valence-electron chi connectivity index (χ4n) is 1.15. The predicted octanol–water partition coefficient (Wildman–Crippen LogP) is 1.38. The standard InChI is InChI=1S/C6H14OSSi/c1-6(8)9-5-3-2-4-7-9/h6,8-9H,2-5H2,1H3. The summed E-state index contributed by atoms with van der Waals surface area (Å²) in [5.74, 6) is 0. The summed E-state index contributed by atoms with van der Waals surface area (Å²) in [4.78, 5) is 0.547. The first-order valence-electron chi connectivity index (χ1n) is 3.60. The maximum Gasteiger partial charge on any atom is 0.189 e. The van der Waals surface area contributed by atoms with Crippen molar-refractivity contribution in [1.29, 1.82) is 0 Å². The summed E-state index contributed by atoms with van der Waals surface area (Å²) in [7, 11) is -0.835. The minimum Gasteiger partial charge on any atom is -0.419 e. The average Bonchev–Trinajstić information content (AvgIpc) is 1.90. The molecule has 1 fully saturated rings. The molecule has 2 unspecified atom stereocenters. The van der Waals surface area contributed by atoms with Gasteiger partial charge in [-0.1, -0.05) is 13.3 Å². The third-order valence-electron chi connectivity index (χ3n) is 1.75. The molecule has 0 saturated carbocycles.